The molecule has 0 amide bonds. The maximum absolute atomic E-state index is 12.3. The molecule has 0 atom stereocenters. The highest BCUT2D eigenvalue weighted by atomic mass is 16.3. The summed E-state index contributed by atoms with van der Waals surface area (Å²) in [5.74, 6) is 2.49. The standard InChI is InChI=1S/C23H26O/c24-23(20-7-3-1-4-8-20,21-9-5-2-6-10-21)22-14-17-11-18(15-22)13-19(12-17)16-22/h1-10,17-19,24H,11-16H2. The molecule has 0 spiro atoms. The molecule has 4 saturated carbocycles. The maximum atomic E-state index is 12.3. The fourth-order valence-corrected chi connectivity index (χ4v) is 6.69. The molecule has 4 aliphatic rings. The zero-order valence-corrected chi connectivity index (χ0v) is 14.2. The zero-order valence-electron chi connectivity index (χ0n) is 14.2. The van der Waals surface area contributed by atoms with Crippen molar-refractivity contribution in [2.45, 2.75) is 44.1 Å². The van der Waals surface area contributed by atoms with Gasteiger partial charge < -0.3 is 5.11 Å². The lowest BCUT2D eigenvalue weighted by molar-refractivity contribution is -0.164. The molecule has 4 bridgehead atoms. The van der Waals surface area contributed by atoms with Crippen LogP contribution in [0, 0.1) is 23.2 Å². The Balaban J connectivity index is 1.70. The monoisotopic (exact) mass is 318 g/mol. The van der Waals surface area contributed by atoms with Crippen LogP contribution in [0.5, 0.6) is 0 Å². The Hall–Kier alpha value is -1.60. The Morgan fingerprint density at radius 2 is 1.04 bits per heavy atom. The highest BCUT2D eigenvalue weighted by molar-refractivity contribution is 5.40. The minimum atomic E-state index is -0.856. The third kappa shape index (κ3) is 1.97. The number of rotatable bonds is 3. The van der Waals surface area contributed by atoms with Gasteiger partial charge in [-0.25, -0.2) is 0 Å². The van der Waals surface area contributed by atoms with Crippen LogP contribution in [0.2, 0.25) is 0 Å². The molecule has 2 aromatic rings. The fourth-order valence-electron chi connectivity index (χ4n) is 6.69. The van der Waals surface area contributed by atoms with Gasteiger partial charge in [0.1, 0.15) is 5.60 Å². The normalized spacial score (nSPS) is 34.5. The topological polar surface area (TPSA) is 20.2 Å². The van der Waals surface area contributed by atoms with Crippen LogP contribution in [-0.2, 0) is 5.60 Å². The van der Waals surface area contributed by atoms with E-state index in [0.29, 0.717) is 0 Å². The van der Waals surface area contributed by atoms with E-state index in [0.717, 1.165) is 28.9 Å². The summed E-state index contributed by atoms with van der Waals surface area (Å²) < 4.78 is 0. The second kappa shape index (κ2) is 5.20. The molecule has 0 unspecified atom stereocenters. The summed E-state index contributed by atoms with van der Waals surface area (Å²) in [4.78, 5) is 0. The van der Waals surface area contributed by atoms with Crippen LogP contribution in [0.4, 0.5) is 0 Å². The largest absolute Gasteiger partial charge is 0.380 e. The van der Waals surface area contributed by atoms with Gasteiger partial charge in [0, 0.05) is 5.41 Å². The molecule has 4 aliphatic carbocycles. The van der Waals surface area contributed by atoms with Crippen LogP contribution < -0.4 is 0 Å². The first-order valence-corrected chi connectivity index (χ1v) is 9.53. The van der Waals surface area contributed by atoms with E-state index in [1.807, 2.05) is 0 Å². The van der Waals surface area contributed by atoms with Crippen molar-refractivity contribution in [2.75, 3.05) is 0 Å². The molecule has 1 N–H and O–H groups in total. The Kier molecular flexibility index (Phi) is 3.19. The third-order valence-electron chi connectivity index (χ3n) is 7.19. The third-order valence-corrected chi connectivity index (χ3v) is 7.19. The lowest BCUT2D eigenvalue weighted by Gasteiger charge is -2.62. The molecule has 0 saturated heterocycles. The smallest absolute Gasteiger partial charge is 0.120 e. The minimum absolute atomic E-state index is 0.0183. The lowest BCUT2D eigenvalue weighted by atomic mass is 9.44. The van der Waals surface area contributed by atoms with Gasteiger partial charge in [-0.1, -0.05) is 60.7 Å². The van der Waals surface area contributed by atoms with Gasteiger partial charge in [-0.3, -0.25) is 0 Å². The molecule has 1 nitrogen and oxygen atoms in total. The number of hydrogen-bond donors (Lipinski definition) is 1. The Morgan fingerprint density at radius 3 is 1.42 bits per heavy atom. The van der Waals surface area contributed by atoms with E-state index in [-0.39, 0.29) is 5.41 Å². The summed E-state index contributed by atoms with van der Waals surface area (Å²) >= 11 is 0. The lowest BCUT2D eigenvalue weighted by Crippen LogP contribution is -2.57. The zero-order chi connectivity index (χ0) is 16.2. The number of aliphatic hydroxyl groups is 1. The van der Waals surface area contributed by atoms with Gasteiger partial charge in [-0.15, -0.1) is 0 Å². The maximum Gasteiger partial charge on any atom is 0.120 e. The summed E-state index contributed by atoms with van der Waals surface area (Å²) in [5, 5.41) is 12.3. The van der Waals surface area contributed by atoms with E-state index < -0.39 is 5.60 Å². The molecule has 1 heteroatoms. The first kappa shape index (κ1) is 14.7. The van der Waals surface area contributed by atoms with Gasteiger partial charge in [0.25, 0.3) is 0 Å². The second-order valence-electron chi connectivity index (χ2n) is 8.64. The van der Waals surface area contributed by atoms with Crippen LogP contribution in [0.3, 0.4) is 0 Å². The molecule has 4 fully saturated rings. The van der Waals surface area contributed by atoms with Crippen molar-refractivity contribution >= 4 is 0 Å². The van der Waals surface area contributed by atoms with Crippen molar-refractivity contribution in [1.82, 2.24) is 0 Å². The van der Waals surface area contributed by atoms with Crippen molar-refractivity contribution in [3.8, 4) is 0 Å². The summed E-state index contributed by atoms with van der Waals surface area (Å²) in [5.41, 5.74) is 1.33. The van der Waals surface area contributed by atoms with E-state index in [1.165, 1.54) is 38.5 Å². The molecule has 24 heavy (non-hydrogen) atoms. The van der Waals surface area contributed by atoms with Crippen LogP contribution in [0.1, 0.15) is 49.7 Å². The van der Waals surface area contributed by atoms with Crippen molar-refractivity contribution in [3.63, 3.8) is 0 Å². The summed E-state index contributed by atoms with van der Waals surface area (Å²) in [7, 11) is 0. The van der Waals surface area contributed by atoms with E-state index in [4.69, 9.17) is 0 Å². The molecule has 0 radical (unpaired) electrons. The average Bonchev–Trinajstić information content (AvgIpc) is 2.61. The molecular formula is C23H26O. The Labute approximate surface area is 144 Å². The van der Waals surface area contributed by atoms with Gasteiger partial charge >= 0.3 is 0 Å². The van der Waals surface area contributed by atoms with Gasteiger partial charge in [0.2, 0.25) is 0 Å². The van der Waals surface area contributed by atoms with E-state index in [2.05, 4.69) is 60.7 Å². The number of hydrogen-bond acceptors (Lipinski definition) is 1. The SMILES string of the molecule is OC(c1ccccc1)(c1ccccc1)C12CC3CC(CC(C3)C1)C2. The summed E-state index contributed by atoms with van der Waals surface area (Å²) in [6.45, 7) is 0. The van der Waals surface area contributed by atoms with Crippen LogP contribution in [0.15, 0.2) is 60.7 Å². The van der Waals surface area contributed by atoms with Crippen molar-refractivity contribution in [2.24, 2.45) is 23.2 Å². The summed E-state index contributed by atoms with van der Waals surface area (Å²) in [6, 6.07) is 20.9. The van der Waals surface area contributed by atoms with Gasteiger partial charge in [0.15, 0.2) is 0 Å². The molecule has 6 rings (SSSR count). The van der Waals surface area contributed by atoms with Crippen LogP contribution in [0.25, 0.3) is 0 Å². The quantitative estimate of drug-likeness (QED) is 0.831. The van der Waals surface area contributed by atoms with E-state index in [1.54, 1.807) is 0 Å². The van der Waals surface area contributed by atoms with Crippen molar-refractivity contribution in [1.29, 1.82) is 0 Å². The Bertz CT molecular complexity index is 643. The Morgan fingerprint density at radius 1 is 0.667 bits per heavy atom. The van der Waals surface area contributed by atoms with Crippen molar-refractivity contribution < 1.29 is 5.11 Å². The molecule has 2 aromatic carbocycles. The number of benzene rings is 2. The predicted octanol–water partition coefficient (Wildman–Crippen LogP) is 5.14. The van der Waals surface area contributed by atoms with Gasteiger partial charge in [-0.05, 0) is 67.4 Å². The average molecular weight is 318 g/mol. The first-order valence-electron chi connectivity index (χ1n) is 9.53. The molecule has 0 aromatic heterocycles. The fraction of sp³-hybridized carbons (Fsp3) is 0.478. The van der Waals surface area contributed by atoms with Crippen LogP contribution in [-0.4, -0.2) is 5.11 Å². The van der Waals surface area contributed by atoms with Crippen molar-refractivity contribution in [3.05, 3.63) is 71.8 Å². The van der Waals surface area contributed by atoms with Gasteiger partial charge in [0.05, 0.1) is 0 Å². The molecule has 0 aliphatic heterocycles. The molecule has 0 heterocycles. The highest BCUT2D eigenvalue weighted by Crippen LogP contribution is 2.67. The van der Waals surface area contributed by atoms with Crippen LogP contribution >= 0.6 is 0 Å². The minimum Gasteiger partial charge on any atom is -0.380 e. The van der Waals surface area contributed by atoms with E-state index >= 15 is 0 Å². The molecule has 124 valence electrons. The molecular weight excluding hydrogens is 292 g/mol. The second-order valence-corrected chi connectivity index (χ2v) is 8.64. The summed E-state index contributed by atoms with van der Waals surface area (Å²) in [6.07, 6.45) is 7.79. The van der Waals surface area contributed by atoms with E-state index in [9.17, 15) is 5.11 Å². The van der Waals surface area contributed by atoms with Gasteiger partial charge in [-0.2, -0.15) is 0 Å². The first-order chi connectivity index (χ1) is 11.7. The predicted molar refractivity (Wildman–Crippen MR) is 96.5 cm³/mol. The highest BCUT2D eigenvalue weighted by Gasteiger charge is 2.61.